The molecule has 20 heavy (non-hydrogen) atoms. The summed E-state index contributed by atoms with van der Waals surface area (Å²) in [6.07, 6.45) is 0. The predicted octanol–water partition coefficient (Wildman–Crippen LogP) is 6.12. The second-order valence-electron chi connectivity index (χ2n) is 5.38. The Kier molecular flexibility index (Phi) is 4.99. The van der Waals surface area contributed by atoms with Gasteiger partial charge in [-0.1, -0.05) is 44.0 Å². The van der Waals surface area contributed by atoms with Crippen LogP contribution in [-0.4, -0.2) is 9.97 Å². The average molecular weight is 486 g/mol. The van der Waals surface area contributed by atoms with Gasteiger partial charge in [0.15, 0.2) is 5.82 Å². The molecule has 1 heterocycles. The van der Waals surface area contributed by atoms with E-state index in [0.29, 0.717) is 16.0 Å². The molecular weight excluding hydrogens is 474 g/mol. The van der Waals surface area contributed by atoms with Gasteiger partial charge < -0.3 is 0 Å². The first-order valence-electron chi connectivity index (χ1n) is 5.89. The molecule has 0 N–H and O–H groups in total. The van der Waals surface area contributed by atoms with Gasteiger partial charge in [0.2, 0.25) is 0 Å². The van der Waals surface area contributed by atoms with Gasteiger partial charge in [0.1, 0.15) is 5.15 Å². The number of rotatable bonds is 1. The summed E-state index contributed by atoms with van der Waals surface area (Å²) in [6.45, 7) is 6.32. The van der Waals surface area contributed by atoms with Crippen molar-refractivity contribution in [3.63, 3.8) is 0 Å². The van der Waals surface area contributed by atoms with Gasteiger partial charge in [0, 0.05) is 15.5 Å². The molecule has 0 amide bonds. The summed E-state index contributed by atoms with van der Waals surface area (Å²) in [5, 5.41) is 1.13. The third-order valence-electron chi connectivity index (χ3n) is 2.70. The molecule has 0 bridgehead atoms. The van der Waals surface area contributed by atoms with Crippen molar-refractivity contribution in [1.29, 1.82) is 0 Å². The Hall–Kier alpha value is 0.0900. The number of halogens is 4. The highest BCUT2D eigenvalue weighted by Crippen LogP contribution is 2.33. The minimum atomic E-state index is -0.0957. The normalized spacial score (nSPS) is 11.8. The van der Waals surface area contributed by atoms with E-state index in [1.165, 1.54) is 0 Å². The summed E-state index contributed by atoms with van der Waals surface area (Å²) >= 11 is 17.9. The van der Waals surface area contributed by atoms with Crippen LogP contribution in [0.2, 0.25) is 10.2 Å². The SMILES string of the molecule is CC(C)(C)c1nc(-c2ccc(Cl)c(Br)c2)nc(Cl)c1I. The zero-order valence-corrected chi connectivity index (χ0v) is 16.4. The lowest BCUT2D eigenvalue weighted by atomic mass is 9.92. The van der Waals surface area contributed by atoms with Gasteiger partial charge in [-0.25, -0.2) is 9.97 Å². The Morgan fingerprint density at radius 3 is 2.35 bits per heavy atom. The van der Waals surface area contributed by atoms with Gasteiger partial charge in [-0.15, -0.1) is 0 Å². The van der Waals surface area contributed by atoms with Crippen molar-refractivity contribution < 1.29 is 0 Å². The zero-order valence-electron chi connectivity index (χ0n) is 11.1. The maximum absolute atomic E-state index is 6.25. The third kappa shape index (κ3) is 3.46. The fourth-order valence-corrected chi connectivity index (χ4v) is 3.40. The van der Waals surface area contributed by atoms with E-state index in [2.05, 4.69) is 69.3 Å². The quantitative estimate of drug-likeness (QED) is 0.359. The van der Waals surface area contributed by atoms with Crippen molar-refractivity contribution in [1.82, 2.24) is 9.97 Å². The topological polar surface area (TPSA) is 25.8 Å². The Morgan fingerprint density at radius 2 is 1.80 bits per heavy atom. The molecule has 1 aromatic heterocycles. The molecule has 106 valence electrons. The summed E-state index contributed by atoms with van der Waals surface area (Å²) in [4.78, 5) is 9.05. The Morgan fingerprint density at radius 1 is 1.15 bits per heavy atom. The third-order valence-corrected chi connectivity index (χ3v) is 5.53. The van der Waals surface area contributed by atoms with Crippen molar-refractivity contribution in [2.24, 2.45) is 0 Å². The van der Waals surface area contributed by atoms with Gasteiger partial charge in [-0.05, 0) is 56.7 Å². The van der Waals surface area contributed by atoms with Gasteiger partial charge >= 0.3 is 0 Å². The first-order valence-corrected chi connectivity index (χ1v) is 8.52. The first-order chi connectivity index (χ1) is 9.20. The zero-order chi connectivity index (χ0) is 15.1. The standard InChI is InChI=1S/C14H12BrCl2IN2/c1-14(2,3)11-10(18)12(17)20-13(19-11)7-4-5-9(16)8(15)6-7/h4-6H,1-3H3. The number of benzene rings is 1. The molecule has 2 nitrogen and oxygen atoms in total. The van der Waals surface area contributed by atoms with Crippen LogP contribution in [0.25, 0.3) is 11.4 Å². The maximum Gasteiger partial charge on any atom is 0.161 e. The molecule has 0 fully saturated rings. The van der Waals surface area contributed by atoms with Crippen LogP contribution in [0.4, 0.5) is 0 Å². The molecule has 2 rings (SSSR count). The second kappa shape index (κ2) is 6.07. The van der Waals surface area contributed by atoms with E-state index in [0.717, 1.165) is 19.3 Å². The van der Waals surface area contributed by atoms with Crippen LogP contribution in [0.15, 0.2) is 22.7 Å². The van der Waals surface area contributed by atoms with Crippen LogP contribution in [0.1, 0.15) is 26.5 Å². The van der Waals surface area contributed by atoms with Crippen molar-refractivity contribution in [3.05, 3.63) is 42.1 Å². The molecule has 0 saturated heterocycles. The molecule has 6 heteroatoms. The molecule has 0 aliphatic rings. The van der Waals surface area contributed by atoms with Crippen LogP contribution in [0.5, 0.6) is 0 Å². The monoisotopic (exact) mass is 484 g/mol. The molecular formula is C14H12BrCl2IN2. The predicted molar refractivity (Wildman–Crippen MR) is 96.6 cm³/mol. The summed E-state index contributed by atoms with van der Waals surface area (Å²) < 4.78 is 1.71. The van der Waals surface area contributed by atoms with Crippen LogP contribution in [0, 0.1) is 3.57 Å². The largest absolute Gasteiger partial charge is 0.231 e. The molecule has 1 aromatic carbocycles. The van der Waals surface area contributed by atoms with E-state index in [9.17, 15) is 0 Å². The first kappa shape index (κ1) is 16.5. The molecule has 0 spiro atoms. The smallest absolute Gasteiger partial charge is 0.161 e. The van der Waals surface area contributed by atoms with Gasteiger partial charge in [0.25, 0.3) is 0 Å². The van der Waals surface area contributed by atoms with E-state index >= 15 is 0 Å². The summed E-state index contributed by atoms with van der Waals surface area (Å²) in [5.41, 5.74) is 1.73. The van der Waals surface area contributed by atoms with Gasteiger partial charge in [-0.3, -0.25) is 0 Å². The fraction of sp³-hybridized carbons (Fsp3) is 0.286. The summed E-state index contributed by atoms with van der Waals surface area (Å²) in [5.74, 6) is 0.609. The van der Waals surface area contributed by atoms with E-state index in [-0.39, 0.29) is 5.41 Å². The fourth-order valence-electron chi connectivity index (χ4n) is 1.68. The van der Waals surface area contributed by atoms with Crippen LogP contribution < -0.4 is 0 Å². The van der Waals surface area contributed by atoms with Crippen molar-refractivity contribution >= 4 is 61.7 Å². The lowest BCUT2D eigenvalue weighted by molar-refractivity contribution is 0.563. The lowest BCUT2D eigenvalue weighted by Gasteiger charge is -2.20. The van der Waals surface area contributed by atoms with E-state index < -0.39 is 0 Å². The van der Waals surface area contributed by atoms with Gasteiger partial charge in [0.05, 0.1) is 14.3 Å². The van der Waals surface area contributed by atoms with E-state index in [1.807, 2.05) is 18.2 Å². The number of hydrogen-bond donors (Lipinski definition) is 0. The number of nitrogens with zero attached hydrogens (tertiary/aromatic N) is 2. The second-order valence-corrected chi connectivity index (χ2v) is 8.08. The number of hydrogen-bond acceptors (Lipinski definition) is 2. The average Bonchev–Trinajstić information content (AvgIpc) is 2.34. The molecule has 0 radical (unpaired) electrons. The Bertz CT molecular complexity index is 669. The van der Waals surface area contributed by atoms with Crippen molar-refractivity contribution in [2.75, 3.05) is 0 Å². The van der Waals surface area contributed by atoms with Crippen LogP contribution >= 0.6 is 61.7 Å². The summed E-state index contributed by atoms with van der Waals surface area (Å²) in [6, 6.07) is 5.60. The number of aromatic nitrogens is 2. The van der Waals surface area contributed by atoms with E-state index in [4.69, 9.17) is 23.2 Å². The van der Waals surface area contributed by atoms with Crippen LogP contribution in [0.3, 0.4) is 0 Å². The molecule has 2 aromatic rings. The Balaban J connectivity index is 2.63. The highest BCUT2D eigenvalue weighted by atomic mass is 127. The van der Waals surface area contributed by atoms with Gasteiger partial charge in [-0.2, -0.15) is 0 Å². The highest BCUT2D eigenvalue weighted by molar-refractivity contribution is 14.1. The minimum absolute atomic E-state index is 0.0957. The Labute approximate surface area is 150 Å². The maximum atomic E-state index is 6.25. The van der Waals surface area contributed by atoms with E-state index in [1.54, 1.807) is 0 Å². The van der Waals surface area contributed by atoms with Crippen molar-refractivity contribution in [2.45, 2.75) is 26.2 Å². The molecule has 0 aliphatic heterocycles. The highest BCUT2D eigenvalue weighted by Gasteiger charge is 2.23. The molecule has 0 aliphatic carbocycles. The summed E-state index contributed by atoms with van der Waals surface area (Å²) in [7, 11) is 0. The molecule has 0 saturated carbocycles. The van der Waals surface area contributed by atoms with Crippen molar-refractivity contribution in [3.8, 4) is 11.4 Å². The van der Waals surface area contributed by atoms with Crippen LogP contribution in [-0.2, 0) is 5.41 Å². The lowest BCUT2D eigenvalue weighted by Crippen LogP contribution is -2.17. The molecule has 0 unspecified atom stereocenters. The molecule has 0 atom stereocenters. The minimum Gasteiger partial charge on any atom is -0.231 e.